The smallest absolute Gasteiger partial charge is 0.245 e. The molecule has 0 atom stereocenters. The Morgan fingerprint density at radius 1 is 0.839 bits per heavy atom. The van der Waals surface area contributed by atoms with Gasteiger partial charge < -0.3 is 5.32 Å². The van der Waals surface area contributed by atoms with Gasteiger partial charge in [-0.3, -0.25) is 13.9 Å². The lowest BCUT2D eigenvalue weighted by molar-refractivity contribution is -0.114. The fourth-order valence-electron chi connectivity index (χ4n) is 3.42. The minimum Gasteiger partial charge on any atom is -0.324 e. The first-order valence-corrected chi connectivity index (χ1v) is 11.6. The molecule has 0 unspecified atom stereocenters. The van der Waals surface area contributed by atoms with Gasteiger partial charge in [0.05, 0.1) is 17.6 Å². The van der Waals surface area contributed by atoms with E-state index in [2.05, 4.69) is 5.32 Å². The molecule has 0 radical (unpaired) electrons. The molecule has 3 rings (SSSR count). The maximum Gasteiger partial charge on any atom is 0.245 e. The van der Waals surface area contributed by atoms with Crippen LogP contribution in [0.5, 0.6) is 0 Å². The van der Waals surface area contributed by atoms with Crippen LogP contribution in [0, 0.1) is 13.8 Å². The highest BCUT2D eigenvalue weighted by molar-refractivity contribution is 7.92. The molecular weight excluding hydrogens is 412 g/mol. The normalized spacial score (nSPS) is 11.1. The second-order valence-electron chi connectivity index (χ2n) is 7.30. The van der Waals surface area contributed by atoms with Gasteiger partial charge in [0.2, 0.25) is 15.9 Å². The molecule has 7 heteroatoms. The number of sulfonamides is 1. The van der Waals surface area contributed by atoms with Crippen LogP contribution in [0.3, 0.4) is 0 Å². The van der Waals surface area contributed by atoms with Gasteiger partial charge in [0, 0.05) is 11.1 Å². The summed E-state index contributed by atoms with van der Waals surface area (Å²) in [5.41, 5.74) is 3.14. The molecule has 0 spiro atoms. The molecule has 6 nitrogen and oxygen atoms in total. The first-order valence-electron chi connectivity index (χ1n) is 9.71. The van der Waals surface area contributed by atoms with Crippen LogP contribution in [0.1, 0.15) is 27.0 Å². The third-order valence-corrected chi connectivity index (χ3v) is 5.97. The molecule has 0 saturated carbocycles. The second kappa shape index (κ2) is 9.14. The number of carbonyl (C=O) groups is 2. The molecule has 160 valence electrons. The summed E-state index contributed by atoms with van der Waals surface area (Å²) in [6.07, 6.45) is 1.07. The Morgan fingerprint density at radius 2 is 1.42 bits per heavy atom. The highest BCUT2D eigenvalue weighted by atomic mass is 32.2. The molecule has 0 saturated heterocycles. The van der Waals surface area contributed by atoms with Gasteiger partial charge in [-0.2, -0.15) is 0 Å². The molecule has 1 amide bonds. The first-order chi connectivity index (χ1) is 14.7. The van der Waals surface area contributed by atoms with Gasteiger partial charge in [-0.25, -0.2) is 8.42 Å². The molecule has 0 aliphatic heterocycles. The average molecular weight is 437 g/mol. The van der Waals surface area contributed by atoms with E-state index in [1.54, 1.807) is 74.5 Å². The van der Waals surface area contributed by atoms with Crippen LogP contribution in [-0.4, -0.2) is 32.9 Å². The Balaban J connectivity index is 1.89. The van der Waals surface area contributed by atoms with Gasteiger partial charge in [-0.1, -0.05) is 60.7 Å². The minimum atomic E-state index is -3.71. The summed E-state index contributed by atoms with van der Waals surface area (Å²) in [5.74, 6) is -0.771. The minimum absolute atomic E-state index is 0.230. The molecule has 0 fully saturated rings. The van der Waals surface area contributed by atoms with Crippen molar-refractivity contribution in [2.75, 3.05) is 22.4 Å². The topological polar surface area (TPSA) is 83.6 Å². The van der Waals surface area contributed by atoms with Gasteiger partial charge >= 0.3 is 0 Å². The zero-order valence-electron chi connectivity index (χ0n) is 17.6. The summed E-state index contributed by atoms with van der Waals surface area (Å²) < 4.78 is 26.0. The number of carbonyl (C=O) groups excluding carboxylic acids is 2. The Bertz CT molecular complexity index is 1200. The summed E-state index contributed by atoms with van der Waals surface area (Å²) in [7, 11) is -3.71. The number of amides is 1. The number of para-hydroxylation sites is 2. The van der Waals surface area contributed by atoms with E-state index in [0.29, 0.717) is 22.5 Å². The second-order valence-corrected chi connectivity index (χ2v) is 9.21. The van der Waals surface area contributed by atoms with Crippen molar-refractivity contribution in [2.45, 2.75) is 13.8 Å². The van der Waals surface area contributed by atoms with Crippen molar-refractivity contribution in [1.82, 2.24) is 0 Å². The van der Waals surface area contributed by atoms with E-state index in [1.165, 1.54) is 0 Å². The summed E-state index contributed by atoms with van der Waals surface area (Å²) in [6.45, 7) is 3.19. The van der Waals surface area contributed by atoms with Crippen molar-refractivity contribution in [3.8, 4) is 0 Å². The van der Waals surface area contributed by atoms with E-state index in [0.717, 1.165) is 21.7 Å². The molecule has 3 aromatic carbocycles. The Labute approximate surface area is 182 Å². The van der Waals surface area contributed by atoms with Crippen molar-refractivity contribution >= 4 is 33.1 Å². The molecule has 0 aliphatic rings. The predicted octanol–water partition coefficient (Wildman–Crippen LogP) is 3.94. The highest BCUT2D eigenvalue weighted by Crippen LogP contribution is 2.27. The largest absolute Gasteiger partial charge is 0.324 e. The van der Waals surface area contributed by atoms with E-state index >= 15 is 0 Å². The predicted molar refractivity (Wildman–Crippen MR) is 123 cm³/mol. The van der Waals surface area contributed by atoms with Crippen molar-refractivity contribution in [2.24, 2.45) is 0 Å². The lowest BCUT2D eigenvalue weighted by Gasteiger charge is -2.25. The summed E-state index contributed by atoms with van der Waals surface area (Å²) >= 11 is 0. The fraction of sp³-hybridized carbons (Fsp3) is 0.167. The van der Waals surface area contributed by atoms with Crippen molar-refractivity contribution < 1.29 is 18.0 Å². The van der Waals surface area contributed by atoms with Gasteiger partial charge in [0.25, 0.3) is 0 Å². The Hall–Kier alpha value is -3.45. The number of nitrogens with zero attached hydrogens (tertiary/aromatic N) is 1. The molecule has 1 N–H and O–H groups in total. The van der Waals surface area contributed by atoms with Crippen LogP contribution < -0.4 is 9.62 Å². The van der Waals surface area contributed by atoms with Crippen LogP contribution in [0.4, 0.5) is 11.4 Å². The number of ketones is 1. The van der Waals surface area contributed by atoms with Crippen LogP contribution in [0.25, 0.3) is 0 Å². The number of rotatable bonds is 7. The van der Waals surface area contributed by atoms with Crippen molar-refractivity contribution in [3.63, 3.8) is 0 Å². The number of nitrogens with one attached hydrogen (secondary N) is 1. The molecule has 0 bridgehead atoms. The van der Waals surface area contributed by atoms with Crippen LogP contribution in [0.2, 0.25) is 0 Å². The molecule has 0 heterocycles. The van der Waals surface area contributed by atoms with E-state index in [4.69, 9.17) is 0 Å². The van der Waals surface area contributed by atoms with Crippen molar-refractivity contribution in [3.05, 3.63) is 95.1 Å². The summed E-state index contributed by atoms with van der Waals surface area (Å²) in [4.78, 5) is 25.7. The third-order valence-electron chi connectivity index (χ3n) is 4.86. The third kappa shape index (κ3) is 5.19. The number of hydrogen-bond donors (Lipinski definition) is 1. The Morgan fingerprint density at radius 3 is 2.03 bits per heavy atom. The molecular formula is C24H24N2O4S. The van der Waals surface area contributed by atoms with Crippen LogP contribution >= 0.6 is 0 Å². The maximum atomic E-state index is 12.9. The van der Waals surface area contributed by atoms with E-state index in [1.807, 2.05) is 12.1 Å². The Kier molecular flexibility index (Phi) is 6.56. The molecule has 0 aromatic heterocycles. The lowest BCUT2D eigenvalue weighted by atomic mass is 10.0. The zero-order valence-corrected chi connectivity index (χ0v) is 18.4. The monoisotopic (exact) mass is 436 g/mol. The summed E-state index contributed by atoms with van der Waals surface area (Å²) in [6, 6.07) is 20.9. The molecule has 31 heavy (non-hydrogen) atoms. The van der Waals surface area contributed by atoms with Crippen LogP contribution in [0.15, 0.2) is 72.8 Å². The van der Waals surface area contributed by atoms with Crippen LogP contribution in [-0.2, 0) is 14.8 Å². The van der Waals surface area contributed by atoms with Crippen molar-refractivity contribution in [1.29, 1.82) is 0 Å². The lowest BCUT2D eigenvalue weighted by Crippen LogP contribution is -2.38. The number of aryl methyl sites for hydroxylation is 2. The quantitative estimate of drug-likeness (QED) is 0.569. The van der Waals surface area contributed by atoms with Gasteiger partial charge in [-0.15, -0.1) is 0 Å². The average Bonchev–Trinajstić information content (AvgIpc) is 2.72. The number of benzene rings is 3. The first kappa shape index (κ1) is 22.2. The summed E-state index contributed by atoms with van der Waals surface area (Å²) in [5, 5.41) is 2.71. The van der Waals surface area contributed by atoms with E-state index < -0.39 is 22.5 Å². The fourth-order valence-corrected chi connectivity index (χ4v) is 4.39. The maximum absolute atomic E-state index is 12.9. The van der Waals surface area contributed by atoms with Gasteiger partial charge in [-0.05, 0) is 37.1 Å². The van der Waals surface area contributed by atoms with Gasteiger partial charge in [0.15, 0.2) is 5.78 Å². The number of hydrogen-bond acceptors (Lipinski definition) is 4. The van der Waals surface area contributed by atoms with E-state index in [-0.39, 0.29) is 5.78 Å². The number of anilines is 2. The zero-order chi connectivity index (χ0) is 22.6. The SMILES string of the molecule is Cc1cccc(C)c1N(CC(=O)Nc1ccccc1C(=O)c1ccccc1)S(C)(=O)=O. The standard InChI is InChI=1S/C24H24N2O4S/c1-17-10-9-11-18(2)23(17)26(31(3,29)30)16-22(27)25-21-15-8-7-14-20(21)24(28)19-12-5-4-6-13-19/h4-15H,16H2,1-3H3,(H,25,27). The molecule has 0 aliphatic carbocycles. The molecule has 3 aromatic rings. The van der Waals surface area contributed by atoms with Gasteiger partial charge in [0.1, 0.15) is 6.54 Å². The highest BCUT2D eigenvalue weighted by Gasteiger charge is 2.24. The van der Waals surface area contributed by atoms with E-state index in [9.17, 15) is 18.0 Å².